The highest BCUT2D eigenvalue weighted by molar-refractivity contribution is 5.29. The van der Waals surface area contributed by atoms with Crippen LogP contribution in [-0.2, 0) is 13.0 Å². The number of fused-ring (bicyclic) bond motifs is 1. The van der Waals surface area contributed by atoms with Crippen LogP contribution in [0.2, 0.25) is 0 Å². The third-order valence-corrected chi connectivity index (χ3v) is 5.91. The van der Waals surface area contributed by atoms with Crippen LogP contribution in [0, 0.1) is 5.92 Å². The van der Waals surface area contributed by atoms with Crippen LogP contribution in [0.25, 0.3) is 0 Å². The molecule has 116 valence electrons. The quantitative estimate of drug-likeness (QED) is 0.914. The molecule has 0 saturated heterocycles. The molecule has 0 aromatic heterocycles. The molecule has 2 N–H and O–H groups in total. The van der Waals surface area contributed by atoms with Crippen LogP contribution in [0.5, 0.6) is 0 Å². The zero-order valence-electron chi connectivity index (χ0n) is 13.5. The number of rotatable bonds is 4. The monoisotopic (exact) mass is 286 g/mol. The lowest BCUT2D eigenvalue weighted by Crippen LogP contribution is -2.56. The summed E-state index contributed by atoms with van der Waals surface area (Å²) in [6.07, 6.45) is 9.29. The van der Waals surface area contributed by atoms with Crippen LogP contribution in [-0.4, -0.2) is 23.5 Å². The molecule has 3 rings (SSSR count). The van der Waals surface area contributed by atoms with Crippen LogP contribution in [0.1, 0.15) is 56.6 Å². The van der Waals surface area contributed by atoms with Crippen molar-refractivity contribution in [2.45, 2.75) is 64.0 Å². The first-order chi connectivity index (χ1) is 10.3. The SMILES string of the molecule is CCCC1CCC(CN)(N2CCc3ccccc3C2)CC1. The van der Waals surface area contributed by atoms with Gasteiger partial charge in [0.25, 0.3) is 0 Å². The molecule has 1 aromatic rings. The Hall–Kier alpha value is -0.860. The fourth-order valence-corrected chi connectivity index (χ4v) is 4.46. The zero-order valence-corrected chi connectivity index (χ0v) is 13.5. The Bertz CT molecular complexity index is 460. The van der Waals surface area contributed by atoms with Crippen molar-refractivity contribution in [3.05, 3.63) is 35.4 Å². The Kier molecular flexibility index (Phi) is 4.66. The minimum Gasteiger partial charge on any atom is -0.329 e. The second-order valence-electron chi connectivity index (χ2n) is 7.10. The lowest BCUT2D eigenvalue weighted by atomic mass is 9.73. The van der Waals surface area contributed by atoms with Crippen molar-refractivity contribution in [2.24, 2.45) is 11.7 Å². The van der Waals surface area contributed by atoms with E-state index in [9.17, 15) is 0 Å². The van der Waals surface area contributed by atoms with Crippen LogP contribution < -0.4 is 5.73 Å². The maximum Gasteiger partial charge on any atom is 0.0335 e. The first kappa shape index (κ1) is 15.1. The van der Waals surface area contributed by atoms with E-state index < -0.39 is 0 Å². The van der Waals surface area contributed by atoms with Crippen LogP contribution in [0.15, 0.2) is 24.3 Å². The third kappa shape index (κ3) is 3.02. The van der Waals surface area contributed by atoms with Crippen molar-refractivity contribution < 1.29 is 0 Å². The molecule has 21 heavy (non-hydrogen) atoms. The van der Waals surface area contributed by atoms with E-state index in [4.69, 9.17) is 5.73 Å². The van der Waals surface area contributed by atoms with Gasteiger partial charge in [-0.25, -0.2) is 0 Å². The molecule has 2 heteroatoms. The lowest BCUT2D eigenvalue weighted by Gasteiger charge is -2.49. The molecular weight excluding hydrogens is 256 g/mol. The van der Waals surface area contributed by atoms with E-state index >= 15 is 0 Å². The Morgan fingerprint density at radius 2 is 1.90 bits per heavy atom. The maximum atomic E-state index is 6.27. The first-order valence-electron chi connectivity index (χ1n) is 8.79. The van der Waals surface area contributed by atoms with E-state index in [2.05, 4.69) is 36.1 Å². The molecule has 1 aromatic carbocycles. The fraction of sp³-hybridized carbons (Fsp3) is 0.684. The van der Waals surface area contributed by atoms with E-state index in [1.807, 2.05) is 0 Å². The average Bonchev–Trinajstić information content (AvgIpc) is 2.56. The lowest BCUT2D eigenvalue weighted by molar-refractivity contribution is 0.0298. The predicted octanol–water partition coefficient (Wildman–Crippen LogP) is 3.73. The van der Waals surface area contributed by atoms with Gasteiger partial charge in [0.15, 0.2) is 0 Å². The van der Waals surface area contributed by atoms with E-state index in [1.165, 1.54) is 57.1 Å². The molecule has 1 fully saturated rings. The molecule has 1 aliphatic carbocycles. The molecular formula is C19H30N2. The second-order valence-corrected chi connectivity index (χ2v) is 7.10. The van der Waals surface area contributed by atoms with Crippen molar-refractivity contribution in [3.8, 4) is 0 Å². The Morgan fingerprint density at radius 1 is 1.19 bits per heavy atom. The molecule has 2 aliphatic rings. The molecule has 0 atom stereocenters. The van der Waals surface area contributed by atoms with Gasteiger partial charge in [-0.05, 0) is 49.1 Å². The third-order valence-electron chi connectivity index (χ3n) is 5.91. The molecule has 1 heterocycles. The molecule has 0 bridgehead atoms. The van der Waals surface area contributed by atoms with Gasteiger partial charge in [-0.2, -0.15) is 0 Å². The highest BCUT2D eigenvalue weighted by atomic mass is 15.2. The Balaban J connectivity index is 1.70. The molecule has 2 nitrogen and oxygen atoms in total. The number of nitrogens with zero attached hydrogens (tertiary/aromatic N) is 1. The van der Waals surface area contributed by atoms with Gasteiger partial charge in [-0.15, -0.1) is 0 Å². The molecule has 0 unspecified atom stereocenters. The summed E-state index contributed by atoms with van der Waals surface area (Å²) >= 11 is 0. The van der Waals surface area contributed by atoms with Gasteiger partial charge in [-0.1, -0.05) is 44.0 Å². The summed E-state index contributed by atoms with van der Waals surface area (Å²) in [7, 11) is 0. The molecule has 0 amide bonds. The Labute approximate surface area is 129 Å². The largest absolute Gasteiger partial charge is 0.329 e. The number of hydrogen-bond acceptors (Lipinski definition) is 2. The van der Waals surface area contributed by atoms with Crippen molar-refractivity contribution in [2.75, 3.05) is 13.1 Å². The fourth-order valence-electron chi connectivity index (χ4n) is 4.46. The van der Waals surface area contributed by atoms with Gasteiger partial charge in [0.2, 0.25) is 0 Å². The average molecular weight is 286 g/mol. The van der Waals surface area contributed by atoms with Crippen molar-refractivity contribution >= 4 is 0 Å². The maximum absolute atomic E-state index is 6.27. The van der Waals surface area contributed by atoms with E-state index in [0.29, 0.717) is 0 Å². The summed E-state index contributed by atoms with van der Waals surface area (Å²) in [5, 5.41) is 0. The summed E-state index contributed by atoms with van der Waals surface area (Å²) in [6.45, 7) is 5.43. The van der Waals surface area contributed by atoms with E-state index in [-0.39, 0.29) is 5.54 Å². The summed E-state index contributed by atoms with van der Waals surface area (Å²) in [5.74, 6) is 0.951. The van der Waals surface area contributed by atoms with E-state index in [1.54, 1.807) is 5.56 Å². The minimum absolute atomic E-state index is 0.276. The molecule has 1 aliphatic heterocycles. The predicted molar refractivity (Wildman–Crippen MR) is 89.2 cm³/mol. The van der Waals surface area contributed by atoms with Gasteiger partial charge in [0.05, 0.1) is 0 Å². The van der Waals surface area contributed by atoms with Crippen LogP contribution in [0.4, 0.5) is 0 Å². The Morgan fingerprint density at radius 3 is 2.57 bits per heavy atom. The van der Waals surface area contributed by atoms with Gasteiger partial charge < -0.3 is 5.73 Å². The molecule has 0 radical (unpaired) electrons. The normalized spacial score (nSPS) is 30.1. The smallest absolute Gasteiger partial charge is 0.0335 e. The van der Waals surface area contributed by atoms with Gasteiger partial charge in [0.1, 0.15) is 0 Å². The van der Waals surface area contributed by atoms with Crippen molar-refractivity contribution in [3.63, 3.8) is 0 Å². The summed E-state index contributed by atoms with van der Waals surface area (Å²) in [4.78, 5) is 2.71. The van der Waals surface area contributed by atoms with Crippen molar-refractivity contribution in [1.82, 2.24) is 4.90 Å². The molecule has 0 spiro atoms. The summed E-state index contributed by atoms with van der Waals surface area (Å²) in [6, 6.07) is 8.94. The number of hydrogen-bond donors (Lipinski definition) is 1. The minimum atomic E-state index is 0.276. The number of nitrogens with two attached hydrogens (primary N) is 1. The topological polar surface area (TPSA) is 29.3 Å². The van der Waals surface area contributed by atoms with E-state index in [0.717, 1.165) is 19.0 Å². The van der Waals surface area contributed by atoms with Crippen LogP contribution in [0.3, 0.4) is 0 Å². The van der Waals surface area contributed by atoms with Crippen LogP contribution >= 0.6 is 0 Å². The van der Waals surface area contributed by atoms with Gasteiger partial charge >= 0.3 is 0 Å². The number of benzene rings is 1. The molecule has 1 saturated carbocycles. The highest BCUT2D eigenvalue weighted by Crippen LogP contribution is 2.39. The first-order valence-corrected chi connectivity index (χ1v) is 8.79. The van der Waals surface area contributed by atoms with Gasteiger partial charge in [-0.3, -0.25) is 4.90 Å². The van der Waals surface area contributed by atoms with Crippen molar-refractivity contribution in [1.29, 1.82) is 0 Å². The standard InChI is InChI=1S/C19H30N2/c1-2-5-16-8-11-19(15-20,12-9-16)21-13-10-17-6-3-4-7-18(17)14-21/h3-4,6-7,16H,2,5,8-15,20H2,1H3. The summed E-state index contributed by atoms with van der Waals surface area (Å²) in [5.41, 5.74) is 9.61. The van der Waals surface area contributed by atoms with Gasteiger partial charge in [0, 0.05) is 25.2 Å². The second kappa shape index (κ2) is 6.50. The summed E-state index contributed by atoms with van der Waals surface area (Å²) < 4.78 is 0. The zero-order chi connectivity index (χ0) is 14.7. The highest BCUT2D eigenvalue weighted by Gasteiger charge is 2.39.